The summed E-state index contributed by atoms with van der Waals surface area (Å²) in [5.74, 6) is 0.149. The zero-order chi connectivity index (χ0) is 15.9. The minimum absolute atomic E-state index is 0.0414. The van der Waals surface area contributed by atoms with Crippen molar-refractivity contribution in [1.82, 2.24) is 10.2 Å². The fraction of sp³-hybridized carbons (Fsp3) is 0.500. The van der Waals surface area contributed by atoms with Gasteiger partial charge in [0, 0.05) is 19.1 Å². The molecule has 1 aliphatic heterocycles. The summed E-state index contributed by atoms with van der Waals surface area (Å²) in [7, 11) is 0. The second-order valence-corrected chi connectivity index (χ2v) is 5.37. The number of nitrogens with zero attached hydrogens (tertiary/aromatic N) is 1. The SMILES string of the molecule is CCOC(=O)N1CCC(NC(=O)Cc2ccc(O)cc2)CC1. The number of piperidine rings is 1. The van der Waals surface area contributed by atoms with Crippen LogP contribution < -0.4 is 5.32 Å². The number of carbonyl (C=O) groups excluding carboxylic acids is 2. The molecule has 1 aliphatic rings. The number of phenols is 1. The molecule has 0 aromatic heterocycles. The van der Waals surface area contributed by atoms with Crippen molar-refractivity contribution in [2.24, 2.45) is 0 Å². The molecule has 1 heterocycles. The highest BCUT2D eigenvalue weighted by atomic mass is 16.6. The summed E-state index contributed by atoms with van der Waals surface area (Å²) in [6.07, 6.45) is 1.48. The number of likely N-dealkylation sites (tertiary alicyclic amines) is 1. The smallest absolute Gasteiger partial charge is 0.409 e. The van der Waals surface area contributed by atoms with Crippen molar-refractivity contribution >= 4 is 12.0 Å². The molecule has 1 aromatic rings. The van der Waals surface area contributed by atoms with Gasteiger partial charge in [-0.05, 0) is 37.5 Å². The lowest BCUT2D eigenvalue weighted by atomic mass is 10.0. The van der Waals surface area contributed by atoms with E-state index in [9.17, 15) is 14.7 Å². The maximum absolute atomic E-state index is 12.0. The first-order valence-corrected chi connectivity index (χ1v) is 7.57. The first-order valence-electron chi connectivity index (χ1n) is 7.57. The molecule has 2 N–H and O–H groups in total. The third-order valence-electron chi connectivity index (χ3n) is 3.69. The molecule has 6 heteroatoms. The van der Waals surface area contributed by atoms with E-state index in [1.54, 1.807) is 36.1 Å². The molecule has 0 unspecified atom stereocenters. The number of carbonyl (C=O) groups is 2. The van der Waals surface area contributed by atoms with Gasteiger partial charge in [-0.25, -0.2) is 4.79 Å². The lowest BCUT2D eigenvalue weighted by Gasteiger charge is -2.31. The van der Waals surface area contributed by atoms with Crippen LogP contribution in [0.15, 0.2) is 24.3 Å². The Kier molecular flexibility index (Phi) is 5.63. The van der Waals surface area contributed by atoms with Gasteiger partial charge >= 0.3 is 6.09 Å². The fourth-order valence-corrected chi connectivity index (χ4v) is 2.50. The lowest BCUT2D eigenvalue weighted by molar-refractivity contribution is -0.121. The van der Waals surface area contributed by atoms with E-state index in [0.717, 1.165) is 18.4 Å². The molecule has 1 fully saturated rings. The topological polar surface area (TPSA) is 78.9 Å². The van der Waals surface area contributed by atoms with Crippen LogP contribution in [-0.2, 0) is 16.0 Å². The van der Waals surface area contributed by atoms with E-state index in [0.29, 0.717) is 26.1 Å². The molecule has 0 aliphatic carbocycles. The Hall–Kier alpha value is -2.24. The molecule has 6 nitrogen and oxygen atoms in total. The van der Waals surface area contributed by atoms with Crippen LogP contribution in [0.5, 0.6) is 5.75 Å². The minimum atomic E-state index is -0.281. The Bertz CT molecular complexity index is 507. The van der Waals surface area contributed by atoms with Gasteiger partial charge in [-0.2, -0.15) is 0 Å². The van der Waals surface area contributed by atoms with Gasteiger partial charge in [0.15, 0.2) is 0 Å². The van der Waals surface area contributed by atoms with Crippen molar-refractivity contribution in [3.05, 3.63) is 29.8 Å². The summed E-state index contributed by atoms with van der Waals surface area (Å²) in [4.78, 5) is 25.3. The van der Waals surface area contributed by atoms with Gasteiger partial charge in [0.2, 0.25) is 5.91 Å². The molecule has 0 saturated carbocycles. The van der Waals surface area contributed by atoms with E-state index in [4.69, 9.17) is 4.74 Å². The molecule has 0 atom stereocenters. The van der Waals surface area contributed by atoms with E-state index in [1.165, 1.54) is 0 Å². The first kappa shape index (κ1) is 16.1. The fourth-order valence-electron chi connectivity index (χ4n) is 2.50. The predicted molar refractivity (Wildman–Crippen MR) is 81.6 cm³/mol. The molecular weight excluding hydrogens is 284 g/mol. The Morgan fingerprint density at radius 3 is 2.50 bits per heavy atom. The normalized spacial score (nSPS) is 15.4. The number of phenolic OH excluding ortho intramolecular Hbond substituents is 1. The largest absolute Gasteiger partial charge is 0.508 e. The monoisotopic (exact) mass is 306 g/mol. The van der Waals surface area contributed by atoms with Gasteiger partial charge in [-0.15, -0.1) is 0 Å². The molecule has 0 spiro atoms. The summed E-state index contributed by atoms with van der Waals surface area (Å²) in [6, 6.07) is 6.70. The van der Waals surface area contributed by atoms with Crippen LogP contribution in [0.4, 0.5) is 4.79 Å². The zero-order valence-corrected chi connectivity index (χ0v) is 12.7. The quantitative estimate of drug-likeness (QED) is 0.887. The van der Waals surface area contributed by atoms with Crippen LogP contribution in [0.25, 0.3) is 0 Å². The molecule has 120 valence electrons. The number of hydrogen-bond acceptors (Lipinski definition) is 4. The summed E-state index contributed by atoms with van der Waals surface area (Å²) in [5, 5.41) is 12.2. The van der Waals surface area contributed by atoms with E-state index < -0.39 is 0 Å². The summed E-state index contributed by atoms with van der Waals surface area (Å²) < 4.78 is 4.97. The van der Waals surface area contributed by atoms with Gasteiger partial charge in [-0.3, -0.25) is 4.79 Å². The van der Waals surface area contributed by atoms with Gasteiger partial charge in [0.1, 0.15) is 5.75 Å². The van der Waals surface area contributed by atoms with E-state index in [1.807, 2.05) is 0 Å². The van der Waals surface area contributed by atoms with E-state index in [2.05, 4.69) is 5.32 Å². The van der Waals surface area contributed by atoms with E-state index >= 15 is 0 Å². The number of rotatable bonds is 4. The van der Waals surface area contributed by atoms with Crippen molar-refractivity contribution in [3.63, 3.8) is 0 Å². The Morgan fingerprint density at radius 1 is 1.27 bits per heavy atom. The van der Waals surface area contributed by atoms with Crippen LogP contribution in [0, 0.1) is 0 Å². The van der Waals surface area contributed by atoms with Crippen LogP contribution in [0.1, 0.15) is 25.3 Å². The molecule has 2 rings (SSSR count). The Morgan fingerprint density at radius 2 is 1.91 bits per heavy atom. The standard InChI is InChI=1S/C16H22N2O4/c1-2-22-16(21)18-9-7-13(8-10-18)17-15(20)11-12-3-5-14(19)6-4-12/h3-6,13,19H,2,7-11H2,1H3,(H,17,20). The highest BCUT2D eigenvalue weighted by Crippen LogP contribution is 2.13. The van der Waals surface area contributed by atoms with Crippen LogP contribution in [0.3, 0.4) is 0 Å². The maximum Gasteiger partial charge on any atom is 0.409 e. The van der Waals surface area contributed by atoms with Crippen molar-refractivity contribution < 1.29 is 19.4 Å². The van der Waals surface area contributed by atoms with Crippen molar-refractivity contribution in [1.29, 1.82) is 0 Å². The van der Waals surface area contributed by atoms with Crippen molar-refractivity contribution in [2.45, 2.75) is 32.2 Å². The number of benzene rings is 1. The highest BCUT2D eigenvalue weighted by molar-refractivity contribution is 5.79. The second kappa shape index (κ2) is 7.68. The van der Waals surface area contributed by atoms with Crippen LogP contribution >= 0.6 is 0 Å². The third kappa shape index (κ3) is 4.65. The van der Waals surface area contributed by atoms with Gasteiger partial charge in [-0.1, -0.05) is 12.1 Å². The minimum Gasteiger partial charge on any atom is -0.508 e. The maximum atomic E-state index is 12.0. The number of amides is 2. The highest BCUT2D eigenvalue weighted by Gasteiger charge is 2.24. The van der Waals surface area contributed by atoms with Crippen LogP contribution in [-0.4, -0.2) is 47.7 Å². The molecular formula is C16H22N2O4. The average molecular weight is 306 g/mol. The van der Waals surface area contributed by atoms with Gasteiger partial charge in [0.05, 0.1) is 13.0 Å². The number of hydrogen-bond donors (Lipinski definition) is 2. The Labute approximate surface area is 130 Å². The predicted octanol–water partition coefficient (Wildman–Crippen LogP) is 1.67. The van der Waals surface area contributed by atoms with Gasteiger partial charge < -0.3 is 20.1 Å². The second-order valence-electron chi connectivity index (χ2n) is 5.37. The number of aromatic hydroxyl groups is 1. The first-order chi connectivity index (χ1) is 10.6. The molecule has 0 radical (unpaired) electrons. The molecule has 0 bridgehead atoms. The summed E-state index contributed by atoms with van der Waals surface area (Å²) in [5.41, 5.74) is 0.860. The molecule has 2 amide bonds. The summed E-state index contributed by atoms with van der Waals surface area (Å²) in [6.45, 7) is 3.36. The third-order valence-corrected chi connectivity index (χ3v) is 3.69. The van der Waals surface area contributed by atoms with Crippen LogP contribution in [0.2, 0.25) is 0 Å². The molecule has 22 heavy (non-hydrogen) atoms. The van der Waals surface area contributed by atoms with Crippen molar-refractivity contribution in [3.8, 4) is 5.75 Å². The molecule has 1 saturated heterocycles. The zero-order valence-electron chi connectivity index (χ0n) is 12.7. The average Bonchev–Trinajstić information content (AvgIpc) is 2.50. The summed E-state index contributed by atoms with van der Waals surface area (Å²) >= 11 is 0. The molecule has 1 aromatic carbocycles. The van der Waals surface area contributed by atoms with E-state index in [-0.39, 0.29) is 23.8 Å². The number of ether oxygens (including phenoxy) is 1. The van der Waals surface area contributed by atoms with Gasteiger partial charge in [0.25, 0.3) is 0 Å². The lowest BCUT2D eigenvalue weighted by Crippen LogP contribution is -2.47. The Balaban J connectivity index is 1.74. The number of nitrogens with one attached hydrogen (secondary N) is 1. The van der Waals surface area contributed by atoms with Crippen molar-refractivity contribution in [2.75, 3.05) is 19.7 Å².